The van der Waals surface area contributed by atoms with E-state index in [1.165, 1.54) is 6.92 Å². The summed E-state index contributed by atoms with van der Waals surface area (Å²) in [5.41, 5.74) is -2.04. The fourth-order valence-electron chi connectivity index (χ4n) is 0.997. The molecular weight excluding hydrogens is 196 g/mol. The van der Waals surface area contributed by atoms with Crippen molar-refractivity contribution < 1.29 is 18.7 Å². The van der Waals surface area contributed by atoms with Crippen molar-refractivity contribution in [3.63, 3.8) is 0 Å². The minimum atomic E-state index is -3.01. The zero-order chi connectivity index (χ0) is 10.9. The van der Waals surface area contributed by atoms with E-state index in [9.17, 15) is 18.4 Å². The molecule has 0 saturated carbocycles. The molecule has 0 fully saturated rings. The second kappa shape index (κ2) is 3.57. The summed E-state index contributed by atoms with van der Waals surface area (Å²) in [7, 11) is 0. The molecule has 0 aliphatic heterocycles. The highest BCUT2D eigenvalue weighted by Crippen LogP contribution is 2.19. The van der Waals surface area contributed by atoms with Crippen molar-refractivity contribution in [1.82, 2.24) is 4.98 Å². The molecule has 2 N–H and O–H groups in total. The third-order valence-corrected chi connectivity index (χ3v) is 1.71. The maximum atomic E-state index is 12.3. The SMILES string of the molecule is Cc1cc(C(=O)O)c(C(F)F)[nH]c1=O. The Morgan fingerprint density at radius 2 is 2.14 bits per heavy atom. The van der Waals surface area contributed by atoms with Crippen LogP contribution in [0.3, 0.4) is 0 Å². The second-order valence-electron chi connectivity index (χ2n) is 2.71. The van der Waals surface area contributed by atoms with Gasteiger partial charge in [0.05, 0.1) is 11.3 Å². The van der Waals surface area contributed by atoms with Crippen LogP contribution in [0.15, 0.2) is 10.9 Å². The number of rotatable bonds is 2. The van der Waals surface area contributed by atoms with E-state index in [1.54, 1.807) is 0 Å². The second-order valence-corrected chi connectivity index (χ2v) is 2.71. The Bertz CT molecular complexity index is 425. The van der Waals surface area contributed by atoms with E-state index in [1.807, 2.05) is 4.98 Å². The van der Waals surface area contributed by atoms with Gasteiger partial charge in [-0.25, -0.2) is 13.6 Å². The van der Waals surface area contributed by atoms with Crippen LogP contribution in [0.5, 0.6) is 0 Å². The van der Waals surface area contributed by atoms with Gasteiger partial charge in [0.2, 0.25) is 0 Å². The molecule has 0 amide bonds. The number of aromatic nitrogens is 1. The number of hydrogen-bond donors (Lipinski definition) is 2. The number of aryl methyl sites for hydroxylation is 1. The zero-order valence-corrected chi connectivity index (χ0v) is 7.17. The summed E-state index contributed by atoms with van der Waals surface area (Å²) in [6, 6.07) is 0.933. The van der Waals surface area contributed by atoms with Crippen molar-refractivity contribution in [2.24, 2.45) is 0 Å². The van der Waals surface area contributed by atoms with Gasteiger partial charge in [-0.1, -0.05) is 0 Å². The molecule has 4 nitrogen and oxygen atoms in total. The van der Waals surface area contributed by atoms with Crippen LogP contribution in [0.2, 0.25) is 0 Å². The van der Waals surface area contributed by atoms with Crippen molar-refractivity contribution in [2.45, 2.75) is 13.3 Å². The van der Waals surface area contributed by atoms with Crippen LogP contribution in [0, 0.1) is 6.92 Å². The van der Waals surface area contributed by atoms with Crippen LogP contribution in [0.4, 0.5) is 8.78 Å². The number of halogens is 2. The highest BCUT2D eigenvalue weighted by Gasteiger charge is 2.19. The topological polar surface area (TPSA) is 70.2 Å². The molecule has 1 heterocycles. The third kappa shape index (κ3) is 1.78. The summed E-state index contributed by atoms with van der Waals surface area (Å²) in [4.78, 5) is 23.3. The van der Waals surface area contributed by atoms with Crippen molar-refractivity contribution in [1.29, 1.82) is 0 Å². The quantitative estimate of drug-likeness (QED) is 0.761. The fourth-order valence-corrected chi connectivity index (χ4v) is 0.997. The van der Waals surface area contributed by atoms with Crippen molar-refractivity contribution in [2.75, 3.05) is 0 Å². The van der Waals surface area contributed by atoms with Gasteiger partial charge in [0, 0.05) is 5.56 Å². The number of nitrogens with one attached hydrogen (secondary N) is 1. The van der Waals surface area contributed by atoms with E-state index in [2.05, 4.69) is 0 Å². The lowest BCUT2D eigenvalue weighted by Crippen LogP contribution is -2.17. The predicted octanol–water partition coefficient (Wildman–Crippen LogP) is 1.32. The smallest absolute Gasteiger partial charge is 0.337 e. The number of carboxylic acid groups (broad SMARTS) is 1. The van der Waals surface area contributed by atoms with Gasteiger partial charge in [-0.3, -0.25) is 4.79 Å². The number of H-pyrrole nitrogens is 1. The Morgan fingerprint density at radius 1 is 1.57 bits per heavy atom. The number of hydrogen-bond acceptors (Lipinski definition) is 2. The summed E-state index contributed by atoms with van der Waals surface area (Å²) in [6.07, 6.45) is -3.01. The Hall–Kier alpha value is -1.72. The molecule has 0 aliphatic rings. The third-order valence-electron chi connectivity index (χ3n) is 1.71. The van der Waals surface area contributed by atoms with Crippen LogP contribution in [-0.2, 0) is 0 Å². The number of aromatic amines is 1. The molecule has 14 heavy (non-hydrogen) atoms. The highest BCUT2D eigenvalue weighted by atomic mass is 19.3. The number of pyridine rings is 1. The van der Waals surface area contributed by atoms with Crippen molar-refractivity contribution >= 4 is 5.97 Å². The van der Waals surface area contributed by atoms with E-state index in [4.69, 9.17) is 5.11 Å². The molecule has 0 aromatic carbocycles. The van der Waals surface area contributed by atoms with Gasteiger partial charge in [-0.2, -0.15) is 0 Å². The standard InChI is InChI=1S/C8H7F2NO3/c1-3-2-4(8(13)14)5(6(9)10)11-7(3)12/h2,6H,1H3,(H,11,12)(H,13,14). The van der Waals surface area contributed by atoms with E-state index in [-0.39, 0.29) is 5.56 Å². The van der Waals surface area contributed by atoms with Crippen molar-refractivity contribution in [3.8, 4) is 0 Å². The number of alkyl halides is 2. The van der Waals surface area contributed by atoms with Gasteiger partial charge in [0.1, 0.15) is 0 Å². The first kappa shape index (κ1) is 10.4. The summed E-state index contributed by atoms with van der Waals surface area (Å²) >= 11 is 0. The van der Waals surface area contributed by atoms with Crippen LogP contribution < -0.4 is 5.56 Å². The molecule has 0 aliphatic carbocycles. The lowest BCUT2D eigenvalue weighted by molar-refractivity contribution is 0.0682. The van der Waals surface area contributed by atoms with Gasteiger partial charge in [-0.15, -0.1) is 0 Å². The van der Waals surface area contributed by atoms with Gasteiger partial charge in [0.15, 0.2) is 0 Å². The molecule has 1 aromatic heterocycles. The number of carboxylic acids is 1. The van der Waals surface area contributed by atoms with Crippen LogP contribution in [-0.4, -0.2) is 16.1 Å². The molecule has 1 aromatic rings. The Balaban J connectivity index is 3.47. The summed E-state index contributed by atoms with van der Waals surface area (Å²) in [5.74, 6) is -1.49. The largest absolute Gasteiger partial charge is 0.478 e. The highest BCUT2D eigenvalue weighted by molar-refractivity contribution is 5.89. The van der Waals surface area contributed by atoms with E-state index < -0.39 is 29.2 Å². The van der Waals surface area contributed by atoms with Crippen molar-refractivity contribution in [3.05, 3.63) is 33.2 Å². The lowest BCUT2D eigenvalue weighted by Gasteiger charge is -2.04. The lowest BCUT2D eigenvalue weighted by atomic mass is 10.1. The normalized spacial score (nSPS) is 10.6. The summed E-state index contributed by atoms with van der Waals surface area (Å²) < 4.78 is 24.5. The summed E-state index contributed by atoms with van der Waals surface area (Å²) in [6.45, 7) is 1.35. The van der Waals surface area contributed by atoms with Crippen LogP contribution >= 0.6 is 0 Å². The Morgan fingerprint density at radius 3 is 2.57 bits per heavy atom. The molecule has 1 rings (SSSR count). The summed E-state index contributed by atoms with van der Waals surface area (Å²) in [5, 5.41) is 8.57. The Kier molecular flexibility index (Phi) is 2.64. The molecule has 0 unspecified atom stereocenters. The maximum Gasteiger partial charge on any atom is 0.337 e. The monoisotopic (exact) mass is 203 g/mol. The first-order valence-electron chi connectivity index (χ1n) is 3.68. The molecule has 0 radical (unpaired) electrons. The zero-order valence-electron chi connectivity index (χ0n) is 7.17. The van der Waals surface area contributed by atoms with E-state index in [0.29, 0.717) is 0 Å². The number of carbonyl (C=O) groups is 1. The molecule has 6 heteroatoms. The molecule has 0 saturated heterocycles. The minimum Gasteiger partial charge on any atom is -0.478 e. The Labute approximate surface area is 77.2 Å². The molecular formula is C8H7F2NO3. The minimum absolute atomic E-state index is 0.0896. The van der Waals surface area contributed by atoms with Gasteiger partial charge >= 0.3 is 5.97 Å². The van der Waals surface area contributed by atoms with E-state index in [0.717, 1.165) is 6.07 Å². The average Bonchev–Trinajstić information content (AvgIpc) is 2.08. The fraction of sp³-hybridized carbons (Fsp3) is 0.250. The van der Waals surface area contributed by atoms with Crippen LogP contribution in [0.25, 0.3) is 0 Å². The predicted molar refractivity (Wildman–Crippen MR) is 43.7 cm³/mol. The average molecular weight is 203 g/mol. The first-order valence-corrected chi connectivity index (χ1v) is 3.68. The van der Waals surface area contributed by atoms with Gasteiger partial charge in [0.25, 0.3) is 12.0 Å². The molecule has 0 bridgehead atoms. The molecule has 0 spiro atoms. The van der Waals surface area contributed by atoms with Crippen LogP contribution in [0.1, 0.15) is 28.0 Å². The van der Waals surface area contributed by atoms with E-state index >= 15 is 0 Å². The molecule has 0 atom stereocenters. The van der Waals surface area contributed by atoms with Gasteiger partial charge in [-0.05, 0) is 13.0 Å². The maximum absolute atomic E-state index is 12.3. The number of aromatic carboxylic acids is 1. The molecule has 76 valence electrons. The first-order chi connectivity index (χ1) is 6.43. The van der Waals surface area contributed by atoms with Gasteiger partial charge < -0.3 is 10.1 Å².